The molecule has 0 saturated heterocycles. The zero-order valence-electron chi connectivity index (χ0n) is 19.1. The number of hydrogen-bond donors (Lipinski definition) is 1. The van der Waals surface area contributed by atoms with Crippen molar-refractivity contribution in [1.29, 1.82) is 0 Å². The number of carbonyl (C=O) groups is 4. The minimum Gasteiger partial charge on any atom is -0.450 e. The van der Waals surface area contributed by atoms with Crippen molar-refractivity contribution in [2.45, 2.75) is 71.1 Å². The Labute approximate surface area is 187 Å². The molecule has 0 heterocycles. The zero-order valence-corrected chi connectivity index (χ0v) is 19.1. The fourth-order valence-corrected chi connectivity index (χ4v) is 7.50. The predicted octanol–water partition coefficient (Wildman–Crippen LogP) is 3.06. The molecule has 4 aliphatic rings. The highest BCUT2D eigenvalue weighted by Gasteiger charge is 2.77. The van der Waals surface area contributed by atoms with Gasteiger partial charge in [0.05, 0.1) is 0 Å². The lowest BCUT2D eigenvalue weighted by Crippen LogP contribution is -2.68. The van der Waals surface area contributed by atoms with Gasteiger partial charge in [0.25, 0.3) is 0 Å². The van der Waals surface area contributed by atoms with E-state index < -0.39 is 64.0 Å². The second-order valence-corrected chi connectivity index (χ2v) is 10.4. The second kappa shape index (κ2) is 7.17. The quantitative estimate of drug-likeness (QED) is 0.667. The molecular weight excluding hydrogens is 415 g/mol. The van der Waals surface area contributed by atoms with E-state index in [0.717, 1.165) is 0 Å². The van der Waals surface area contributed by atoms with Crippen LogP contribution in [0.3, 0.4) is 0 Å². The molecule has 6 nitrogen and oxygen atoms in total. The summed E-state index contributed by atoms with van der Waals surface area (Å²) in [6.07, 6.45) is 5.31. The topological polar surface area (TPSA) is 97.7 Å². The van der Waals surface area contributed by atoms with Gasteiger partial charge in [-0.25, -0.2) is 4.39 Å². The van der Waals surface area contributed by atoms with E-state index in [4.69, 9.17) is 4.74 Å². The van der Waals surface area contributed by atoms with E-state index in [1.54, 1.807) is 27.7 Å². The fraction of sp³-hybridized carbons (Fsp3) is 0.680. The van der Waals surface area contributed by atoms with E-state index in [2.05, 4.69) is 0 Å². The third-order valence-electron chi connectivity index (χ3n) is 9.06. The molecular formula is C25H31FO6. The maximum Gasteiger partial charge on any atom is 0.306 e. The number of carbonyl (C=O) groups excluding carboxylic acids is 4. The number of rotatable bonds is 4. The smallest absolute Gasteiger partial charge is 0.306 e. The minimum absolute atomic E-state index is 0.0450. The Balaban J connectivity index is 1.86. The van der Waals surface area contributed by atoms with Gasteiger partial charge in [-0.3, -0.25) is 19.2 Å². The van der Waals surface area contributed by atoms with E-state index in [9.17, 15) is 24.3 Å². The summed E-state index contributed by atoms with van der Waals surface area (Å²) in [6.45, 7) is 5.99. The summed E-state index contributed by atoms with van der Waals surface area (Å²) in [5, 5.41) is 9.79. The predicted molar refractivity (Wildman–Crippen MR) is 113 cm³/mol. The van der Waals surface area contributed by atoms with Crippen LogP contribution in [0.2, 0.25) is 0 Å². The van der Waals surface area contributed by atoms with Gasteiger partial charge >= 0.3 is 5.97 Å². The van der Waals surface area contributed by atoms with Crippen LogP contribution < -0.4 is 0 Å². The monoisotopic (exact) mass is 446 g/mol. The summed E-state index contributed by atoms with van der Waals surface area (Å²) in [5.41, 5.74) is -5.61. The molecule has 7 atom stereocenters. The highest BCUT2D eigenvalue weighted by Crippen LogP contribution is 2.70. The van der Waals surface area contributed by atoms with Crippen molar-refractivity contribution >= 4 is 23.3 Å². The lowest BCUT2D eigenvalue weighted by atomic mass is 9.45. The molecule has 0 amide bonds. The van der Waals surface area contributed by atoms with Gasteiger partial charge < -0.3 is 9.84 Å². The lowest BCUT2D eigenvalue weighted by Gasteiger charge is -2.59. The molecule has 7 heteroatoms. The van der Waals surface area contributed by atoms with Crippen molar-refractivity contribution in [3.8, 4) is 0 Å². The van der Waals surface area contributed by atoms with Gasteiger partial charge in [0, 0.05) is 35.5 Å². The minimum atomic E-state index is -2.22. The number of ketones is 3. The van der Waals surface area contributed by atoms with Crippen molar-refractivity contribution in [2.75, 3.05) is 6.61 Å². The number of alkyl halides is 1. The molecule has 0 bridgehead atoms. The van der Waals surface area contributed by atoms with E-state index in [-0.39, 0.29) is 18.6 Å². The third kappa shape index (κ3) is 2.54. The summed E-state index contributed by atoms with van der Waals surface area (Å²) in [6, 6.07) is 0. The van der Waals surface area contributed by atoms with Crippen LogP contribution in [-0.2, 0) is 23.9 Å². The van der Waals surface area contributed by atoms with Crippen molar-refractivity contribution in [3.05, 3.63) is 23.8 Å². The molecule has 174 valence electrons. The van der Waals surface area contributed by atoms with Crippen molar-refractivity contribution in [2.24, 2.45) is 28.6 Å². The summed E-state index contributed by atoms with van der Waals surface area (Å²) >= 11 is 0. The average Bonchev–Trinajstić information content (AvgIpc) is 2.96. The highest BCUT2D eigenvalue weighted by atomic mass is 19.1. The van der Waals surface area contributed by atoms with Crippen LogP contribution in [0.5, 0.6) is 0 Å². The van der Waals surface area contributed by atoms with Gasteiger partial charge in [-0.05, 0) is 44.3 Å². The Morgan fingerprint density at radius 1 is 1.25 bits per heavy atom. The largest absolute Gasteiger partial charge is 0.450 e. The Morgan fingerprint density at radius 2 is 1.94 bits per heavy atom. The molecule has 4 rings (SSSR count). The Morgan fingerprint density at radius 3 is 2.56 bits per heavy atom. The standard InChI is InChI=1S/C25H31FO6/c1-5-21(31)32-25(20(30)13-27)14(2)10-18-17-7-6-15-11-16(28)8-9-22(15,3)24(17,26)19(29)12-23(18,25)4/h8-9,11,14,17-18,27H,5-7,10,12-13H2,1-4H3/t14-,17-,18-,22-,23-,24-,25-/m0/s1. The van der Waals surface area contributed by atoms with Crippen LogP contribution in [0, 0.1) is 28.6 Å². The number of aliphatic hydroxyl groups excluding tert-OH is 1. The van der Waals surface area contributed by atoms with Crippen molar-refractivity contribution < 1.29 is 33.4 Å². The van der Waals surface area contributed by atoms with Crippen molar-refractivity contribution in [3.63, 3.8) is 0 Å². The molecule has 0 spiro atoms. The average molecular weight is 447 g/mol. The summed E-state index contributed by atoms with van der Waals surface area (Å²) in [4.78, 5) is 51.1. The number of aliphatic hydroxyl groups is 1. The number of ether oxygens (including phenoxy) is 1. The molecule has 0 aliphatic heterocycles. The highest BCUT2D eigenvalue weighted by molar-refractivity contribution is 6.03. The number of Topliss-reactive ketones (excluding diaryl/α,β-unsaturated/α-hetero) is 2. The molecule has 1 N–H and O–H groups in total. The number of hydrogen-bond acceptors (Lipinski definition) is 6. The maximum atomic E-state index is 17.1. The number of fused-ring (bicyclic) bond motifs is 5. The van der Waals surface area contributed by atoms with Gasteiger partial charge in [0.2, 0.25) is 5.78 Å². The molecule has 0 unspecified atom stereocenters. The van der Waals surface area contributed by atoms with Crippen LogP contribution in [0.1, 0.15) is 59.8 Å². The first kappa shape index (κ1) is 23.0. The van der Waals surface area contributed by atoms with Crippen LogP contribution >= 0.6 is 0 Å². The summed E-state index contributed by atoms with van der Waals surface area (Å²) < 4.78 is 22.9. The first-order valence-corrected chi connectivity index (χ1v) is 11.4. The normalized spacial score (nSPS) is 44.9. The molecule has 4 aliphatic carbocycles. The Kier molecular flexibility index (Phi) is 5.16. The summed E-state index contributed by atoms with van der Waals surface area (Å²) in [5.74, 6) is -3.63. The van der Waals surface area contributed by atoms with Crippen LogP contribution in [0.15, 0.2) is 23.8 Å². The van der Waals surface area contributed by atoms with Gasteiger partial charge in [0.15, 0.2) is 22.8 Å². The molecule has 0 aromatic rings. The molecule has 3 saturated carbocycles. The fourth-order valence-electron chi connectivity index (χ4n) is 7.50. The molecule has 0 radical (unpaired) electrons. The van der Waals surface area contributed by atoms with Crippen LogP contribution in [0.4, 0.5) is 4.39 Å². The van der Waals surface area contributed by atoms with Crippen LogP contribution in [0.25, 0.3) is 0 Å². The lowest BCUT2D eigenvalue weighted by molar-refractivity contribution is -0.203. The maximum absolute atomic E-state index is 17.1. The number of allylic oxidation sites excluding steroid dienone is 4. The van der Waals surface area contributed by atoms with Crippen LogP contribution in [-0.4, -0.2) is 46.3 Å². The molecule has 32 heavy (non-hydrogen) atoms. The van der Waals surface area contributed by atoms with Gasteiger partial charge in [-0.2, -0.15) is 0 Å². The second-order valence-electron chi connectivity index (χ2n) is 10.4. The van der Waals surface area contributed by atoms with E-state index in [0.29, 0.717) is 24.8 Å². The number of esters is 1. The van der Waals surface area contributed by atoms with E-state index >= 15 is 4.39 Å². The van der Waals surface area contributed by atoms with Gasteiger partial charge in [0.1, 0.15) is 6.61 Å². The van der Waals surface area contributed by atoms with Gasteiger partial charge in [-0.1, -0.05) is 32.4 Å². The summed E-state index contributed by atoms with van der Waals surface area (Å²) in [7, 11) is 0. The molecule has 0 aromatic carbocycles. The third-order valence-corrected chi connectivity index (χ3v) is 9.06. The SMILES string of the molecule is CCC(=O)O[C@]1(C(=O)CO)[C@@H](C)C[C@H]2[C@@H]3CCC4=CC(=O)C=C[C@]4(C)[C@@]3(F)C(=O)C[C@@]21C. The first-order valence-electron chi connectivity index (χ1n) is 11.4. The Bertz CT molecular complexity index is 967. The molecule has 0 aromatic heterocycles. The first-order chi connectivity index (χ1) is 14.9. The van der Waals surface area contributed by atoms with E-state index in [1.165, 1.54) is 18.2 Å². The van der Waals surface area contributed by atoms with E-state index in [1.807, 2.05) is 0 Å². The van der Waals surface area contributed by atoms with Crippen molar-refractivity contribution in [1.82, 2.24) is 0 Å². The Hall–Kier alpha value is -2.15. The zero-order chi connectivity index (χ0) is 23.7. The molecule has 3 fully saturated rings. The number of halogens is 1. The van der Waals surface area contributed by atoms with Gasteiger partial charge in [-0.15, -0.1) is 0 Å².